The number of hydrogen-bond donors (Lipinski definition) is 2. The Hall–Kier alpha value is -3.80. The number of carbonyl (C=O) groups excluding carboxylic acids is 2. The first-order chi connectivity index (χ1) is 15.3. The highest BCUT2D eigenvalue weighted by molar-refractivity contribution is 5.96. The standard InChI is InChI=1S/C26H28N2O4/c1-17-5-13-23(14-6-17)31-19(3)25(29)27-21-9-11-22(12-10-21)28-26(30)20(4)32-24-15-7-18(2)8-16-24/h5-16,19-20H,1-4H3,(H,27,29)(H,28,30)/t19-,20-/m1/s1. The van der Waals surface area contributed by atoms with Crippen LogP contribution in [-0.2, 0) is 9.59 Å². The molecule has 0 spiro atoms. The molecule has 0 bridgehead atoms. The zero-order valence-corrected chi connectivity index (χ0v) is 18.7. The molecule has 0 aromatic heterocycles. The van der Waals surface area contributed by atoms with E-state index in [0.717, 1.165) is 11.1 Å². The van der Waals surface area contributed by atoms with Gasteiger partial charge < -0.3 is 20.1 Å². The van der Waals surface area contributed by atoms with Crippen LogP contribution < -0.4 is 20.1 Å². The van der Waals surface area contributed by atoms with Gasteiger partial charge in [-0.05, 0) is 76.2 Å². The Labute approximate surface area is 188 Å². The third kappa shape index (κ3) is 6.60. The number of benzene rings is 3. The Kier molecular flexibility index (Phi) is 7.49. The minimum absolute atomic E-state index is 0.262. The van der Waals surface area contributed by atoms with E-state index in [-0.39, 0.29) is 11.8 Å². The fourth-order valence-electron chi connectivity index (χ4n) is 2.87. The van der Waals surface area contributed by atoms with Crippen LogP contribution in [0.4, 0.5) is 11.4 Å². The Morgan fingerprint density at radius 3 is 1.22 bits per heavy atom. The van der Waals surface area contributed by atoms with Crippen molar-refractivity contribution in [3.63, 3.8) is 0 Å². The van der Waals surface area contributed by atoms with Crippen molar-refractivity contribution in [2.24, 2.45) is 0 Å². The van der Waals surface area contributed by atoms with E-state index in [1.807, 2.05) is 62.4 Å². The van der Waals surface area contributed by atoms with Crippen molar-refractivity contribution < 1.29 is 19.1 Å². The summed E-state index contributed by atoms with van der Waals surface area (Å²) in [7, 11) is 0. The molecule has 3 aromatic carbocycles. The summed E-state index contributed by atoms with van der Waals surface area (Å²) in [4.78, 5) is 24.8. The lowest BCUT2D eigenvalue weighted by molar-refractivity contribution is -0.122. The lowest BCUT2D eigenvalue weighted by Gasteiger charge is -2.16. The molecule has 0 aliphatic carbocycles. The molecule has 6 heteroatoms. The van der Waals surface area contributed by atoms with E-state index in [9.17, 15) is 9.59 Å². The predicted molar refractivity (Wildman–Crippen MR) is 126 cm³/mol. The Balaban J connectivity index is 1.50. The van der Waals surface area contributed by atoms with Crippen LogP contribution >= 0.6 is 0 Å². The van der Waals surface area contributed by atoms with Crippen molar-refractivity contribution in [3.05, 3.63) is 83.9 Å². The molecule has 0 unspecified atom stereocenters. The van der Waals surface area contributed by atoms with Crippen molar-refractivity contribution in [3.8, 4) is 11.5 Å². The van der Waals surface area contributed by atoms with E-state index >= 15 is 0 Å². The van der Waals surface area contributed by atoms with Gasteiger partial charge in [0, 0.05) is 11.4 Å². The number of amides is 2. The molecule has 0 aliphatic rings. The van der Waals surface area contributed by atoms with Gasteiger partial charge in [0.25, 0.3) is 11.8 Å². The molecule has 2 N–H and O–H groups in total. The minimum Gasteiger partial charge on any atom is -0.481 e. The van der Waals surface area contributed by atoms with Gasteiger partial charge in [-0.1, -0.05) is 35.4 Å². The number of nitrogens with one attached hydrogen (secondary N) is 2. The number of hydrogen-bond acceptors (Lipinski definition) is 4. The van der Waals surface area contributed by atoms with Crippen LogP contribution in [-0.4, -0.2) is 24.0 Å². The highest BCUT2D eigenvalue weighted by Gasteiger charge is 2.16. The third-order valence-corrected chi connectivity index (χ3v) is 4.83. The smallest absolute Gasteiger partial charge is 0.265 e. The molecule has 166 valence electrons. The molecular weight excluding hydrogens is 404 g/mol. The second kappa shape index (κ2) is 10.5. The largest absolute Gasteiger partial charge is 0.481 e. The molecule has 2 amide bonds. The van der Waals surface area contributed by atoms with E-state index in [2.05, 4.69) is 10.6 Å². The first-order valence-electron chi connectivity index (χ1n) is 10.5. The van der Waals surface area contributed by atoms with Gasteiger partial charge in [0.15, 0.2) is 12.2 Å². The van der Waals surface area contributed by atoms with Crippen LogP contribution in [0.2, 0.25) is 0 Å². The summed E-state index contributed by atoms with van der Waals surface area (Å²) in [6.07, 6.45) is -1.31. The summed E-state index contributed by atoms with van der Waals surface area (Å²) in [6, 6.07) is 21.9. The molecule has 0 saturated carbocycles. The lowest BCUT2D eigenvalue weighted by atomic mass is 10.2. The van der Waals surface area contributed by atoms with Crippen molar-refractivity contribution in [2.75, 3.05) is 10.6 Å². The average Bonchev–Trinajstić information content (AvgIpc) is 2.78. The van der Waals surface area contributed by atoms with Gasteiger partial charge in [-0.15, -0.1) is 0 Å². The number of anilines is 2. The fraction of sp³-hybridized carbons (Fsp3) is 0.231. The highest BCUT2D eigenvalue weighted by atomic mass is 16.5. The molecule has 0 aliphatic heterocycles. The third-order valence-electron chi connectivity index (χ3n) is 4.83. The van der Waals surface area contributed by atoms with E-state index in [1.165, 1.54) is 0 Å². The Morgan fingerprint density at radius 2 is 0.906 bits per heavy atom. The molecule has 3 aromatic rings. The fourth-order valence-corrected chi connectivity index (χ4v) is 2.87. The normalized spacial score (nSPS) is 12.4. The zero-order chi connectivity index (χ0) is 23.1. The van der Waals surface area contributed by atoms with Crippen LogP contribution in [0.3, 0.4) is 0 Å². The first-order valence-corrected chi connectivity index (χ1v) is 10.5. The van der Waals surface area contributed by atoms with Gasteiger partial charge in [-0.25, -0.2) is 0 Å². The van der Waals surface area contributed by atoms with Crippen LogP contribution in [0.1, 0.15) is 25.0 Å². The zero-order valence-electron chi connectivity index (χ0n) is 18.7. The number of aryl methyl sites for hydroxylation is 2. The quantitative estimate of drug-likeness (QED) is 0.518. The summed E-state index contributed by atoms with van der Waals surface area (Å²) in [5.74, 6) is 0.751. The predicted octanol–water partition coefficient (Wildman–Crippen LogP) is 5.12. The molecule has 2 atom stereocenters. The van der Waals surface area contributed by atoms with Gasteiger partial charge in [-0.2, -0.15) is 0 Å². The summed E-state index contributed by atoms with van der Waals surface area (Å²) >= 11 is 0. The number of rotatable bonds is 8. The molecule has 0 heterocycles. The summed E-state index contributed by atoms with van der Waals surface area (Å²) in [5.41, 5.74) is 3.46. The van der Waals surface area contributed by atoms with E-state index in [1.54, 1.807) is 38.1 Å². The van der Waals surface area contributed by atoms with Crippen LogP contribution in [0, 0.1) is 13.8 Å². The monoisotopic (exact) mass is 432 g/mol. The van der Waals surface area contributed by atoms with Crippen molar-refractivity contribution >= 4 is 23.2 Å². The van der Waals surface area contributed by atoms with Crippen LogP contribution in [0.25, 0.3) is 0 Å². The number of ether oxygens (including phenoxy) is 2. The molecule has 3 rings (SSSR count). The molecule has 0 radical (unpaired) electrons. The van der Waals surface area contributed by atoms with E-state index in [4.69, 9.17) is 9.47 Å². The van der Waals surface area contributed by atoms with Crippen molar-refractivity contribution in [2.45, 2.75) is 39.9 Å². The average molecular weight is 433 g/mol. The van der Waals surface area contributed by atoms with E-state index in [0.29, 0.717) is 22.9 Å². The van der Waals surface area contributed by atoms with Gasteiger partial charge in [0.05, 0.1) is 0 Å². The van der Waals surface area contributed by atoms with Crippen LogP contribution in [0.15, 0.2) is 72.8 Å². The van der Waals surface area contributed by atoms with Gasteiger partial charge >= 0.3 is 0 Å². The molecular formula is C26H28N2O4. The topological polar surface area (TPSA) is 76.7 Å². The minimum atomic E-state index is -0.656. The molecule has 0 saturated heterocycles. The van der Waals surface area contributed by atoms with E-state index < -0.39 is 12.2 Å². The molecule has 0 fully saturated rings. The number of carbonyl (C=O) groups is 2. The van der Waals surface area contributed by atoms with Gasteiger partial charge in [-0.3, -0.25) is 9.59 Å². The maximum atomic E-state index is 12.4. The Bertz CT molecular complexity index is 958. The Morgan fingerprint density at radius 1 is 0.594 bits per heavy atom. The van der Waals surface area contributed by atoms with Gasteiger partial charge in [0.2, 0.25) is 0 Å². The maximum Gasteiger partial charge on any atom is 0.265 e. The first kappa shape index (κ1) is 22.9. The molecule has 6 nitrogen and oxygen atoms in total. The van der Waals surface area contributed by atoms with Gasteiger partial charge in [0.1, 0.15) is 11.5 Å². The maximum absolute atomic E-state index is 12.4. The second-order valence-corrected chi connectivity index (χ2v) is 7.70. The van der Waals surface area contributed by atoms with Crippen LogP contribution in [0.5, 0.6) is 11.5 Å². The SMILES string of the molecule is Cc1ccc(O[C@H](C)C(=O)Nc2ccc(NC(=O)[C@@H](C)Oc3ccc(C)cc3)cc2)cc1. The van der Waals surface area contributed by atoms with Crippen molar-refractivity contribution in [1.29, 1.82) is 0 Å². The summed E-state index contributed by atoms with van der Waals surface area (Å²) < 4.78 is 11.4. The molecule has 32 heavy (non-hydrogen) atoms. The highest BCUT2D eigenvalue weighted by Crippen LogP contribution is 2.18. The lowest BCUT2D eigenvalue weighted by Crippen LogP contribution is -2.30. The van der Waals surface area contributed by atoms with Crippen molar-refractivity contribution in [1.82, 2.24) is 0 Å². The second-order valence-electron chi connectivity index (χ2n) is 7.70. The summed E-state index contributed by atoms with van der Waals surface area (Å²) in [6.45, 7) is 7.37. The summed E-state index contributed by atoms with van der Waals surface area (Å²) in [5, 5.41) is 5.62.